The molecule has 0 aromatic heterocycles. The van der Waals surface area contributed by atoms with Crippen LogP contribution in [0, 0.1) is 0 Å². The highest BCUT2D eigenvalue weighted by Gasteiger charge is 2.20. The highest BCUT2D eigenvalue weighted by Crippen LogP contribution is 2.42. The Bertz CT molecular complexity index is 1330. The quantitative estimate of drug-likeness (QED) is 0.323. The number of hydrogen-bond donors (Lipinski definition) is 1. The number of benzene rings is 3. The molecule has 0 atom stereocenters. The van der Waals surface area contributed by atoms with Crippen LogP contribution in [0.4, 0.5) is 11.4 Å². The number of rotatable bonds is 3. The predicted octanol–water partition coefficient (Wildman–Crippen LogP) is 2.25. The van der Waals surface area contributed by atoms with E-state index in [1.54, 1.807) is 12.1 Å². The summed E-state index contributed by atoms with van der Waals surface area (Å²) in [6.45, 7) is 0. The van der Waals surface area contributed by atoms with E-state index in [0.717, 1.165) is 27.6 Å². The Labute approximate surface area is 174 Å². The molecule has 1 heterocycles. The fraction of sp³-hybridized carbons (Fsp3) is 0.167. The molecule has 0 unspecified atom stereocenters. The lowest BCUT2D eigenvalue weighted by Crippen LogP contribution is -2.23. The minimum absolute atomic E-state index is 0.0529. The summed E-state index contributed by atoms with van der Waals surface area (Å²) in [4.78, 5) is 13.9. The molecule has 0 fully saturated rings. The summed E-state index contributed by atoms with van der Waals surface area (Å²) in [5, 5.41) is 13.7. The summed E-state index contributed by atoms with van der Waals surface area (Å²) in [5.74, 6) is -0.602. The van der Waals surface area contributed by atoms with Crippen LogP contribution in [0.2, 0.25) is 0 Å². The van der Waals surface area contributed by atoms with Gasteiger partial charge in [-0.1, -0.05) is 6.07 Å². The van der Waals surface area contributed by atoms with E-state index in [1.807, 2.05) is 74.1 Å². The van der Waals surface area contributed by atoms with E-state index in [1.165, 1.54) is 6.07 Å². The van der Waals surface area contributed by atoms with Gasteiger partial charge in [0.2, 0.25) is 5.36 Å². The molecule has 6 nitrogen and oxygen atoms in total. The van der Waals surface area contributed by atoms with Crippen LogP contribution in [0.25, 0.3) is 33.4 Å². The van der Waals surface area contributed by atoms with Crippen molar-refractivity contribution in [3.63, 3.8) is 0 Å². The molecule has 1 aliphatic heterocycles. The third-order valence-corrected chi connectivity index (χ3v) is 5.25. The molecule has 1 aliphatic carbocycles. The Morgan fingerprint density at radius 2 is 1.73 bits per heavy atom. The lowest BCUT2D eigenvalue weighted by atomic mass is 9.90. The van der Waals surface area contributed by atoms with Gasteiger partial charge >= 0.3 is 0 Å². The molecule has 0 spiro atoms. The second-order valence-electron chi connectivity index (χ2n) is 7.72. The number of nitrogens with zero attached hydrogens (tertiary/aromatic N) is 2. The largest absolute Gasteiger partial charge is 0.545 e. The second kappa shape index (κ2) is 7.22. The molecule has 2 aromatic rings. The van der Waals surface area contributed by atoms with Crippen molar-refractivity contribution in [1.82, 2.24) is 4.58 Å². The van der Waals surface area contributed by atoms with E-state index in [2.05, 4.69) is 0 Å². The molecule has 152 valence electrons. The lowest BCUT2D eigenvalue weighted by molar-refractivity contribution is -0.254. The van der Waals surface area contributed by atoms with Crippen molar-refractivity contribution in [3.8, 4) is 22.5 Å². The Balaban J connectivity index is 2.19. The molecule has 2 aliphatic rings. The van der Waals surface area contributed by atoms with Gasteiger partial charge in [-0.3, -0.25) is 0 Å². The molecule has 6 heteroatoms. The fourth-order valence-electron chi connectivity index (χ4n) is 3.66. The number of nitrogen functional groups attached to an aromatic ring is 1. The van der Waals surface area contributed by atoms with Crippen molar-refractivity contribution >= 4 is 28.3 Å². The monoisotopic (exact) mass is 401 g/mol. The van der Waals surface area contributed by atoms with Crippen LogP contribution in [0.5, 0.6) is 0 Å². The van der Waals surface area contributed by atoms with Crippen molar-refractivity contribution < 1.29 is 14.3 Å². The maximum Gasteiger partial charge on any atom is 0.203 e. The summed E-state index contributed by atoms with van der Waals surface area (Å²) < 4.78 is 8.26. The normalized spacial score (nSPS) is 11.1. The number of fused-ring (bicyclic) bond motifs is 2. The van der Waals surface area contributed by atoms with Crippen LogP contribution in [-0.4, -0.2) is 34.2 Å². The van der Waals surface area contributed by atoms with Crippen molar-refractivity contribution in [2.45, 2.75) is 0 Å². The van der Waals surface area contributed by atoms with Crippen molar-refractivity contribution in [2.24, 2.45) is 0 Å². The first-order valence-corrected chi connectivity index (χ1v) is 9.56. The average Bonchev–Trinajstić information content (AvgIpc) is 2.71. The second-order valence-corrected chi connectivity index (χ2v) is 7.72. The molecular formula is C24H23N3O3. The minimum Gasteiger partial charge on any atom is -0.545 e. The maximum atomic E-state index is 11.9. The first-order valence-electron chi connectivity index (χ1n) is 9.56. The summed E-state index contributed by atoms with van der Waals surface area (Å²) in [6.07, 6.45) is 0. The zero-order chi connectivity index (χ0) is 21.6. The van der Waals surface area contributed by atoms with Gasteiger partial charge in [0.05, 0.1) is 12.0 Å². The third kappa shape index (κ3) is 3.26. The van der Waals surface area contributed by atoms with Crippen LogP contribution < -0.4 is 25.7 Å². The molecule has 0 radical (unpaired) electrons. The molecular weight excluding hydrogens is 378 g/mol. The van der Waals surface area contributed by atoms with E-state index >= 15 is 0 Å². The van der Waals surface area contributed by atoms with Gasteiger partial charge in [-0.05, 0) is 35.9 Å². The van der Waals surface area contributed by atoms with Gasteiger partial charge in [0, 0.05) is 59.7 Å². The first-order chi connectivity index (χ1) is 14.3. The summed E-state index contributed by atoms with van der Waals surface area (Å²) >= 11 is 0. The molecule has 30 heavy (non-hydrogen) atoms. The molecule has 2 aromatic carbocycles. The topological polar surface area (TPSA) is 85.5 Å². The number of carboxylic acids is 1. The van der Waals surface area contributed by atoms with Gasteiger partial charge in [0.1, 0.15) is 25.4 Å². The van der Waals surface area contributed by atoms with E-state index in [4.69, 9.17) is 10.2 Å². The summed E-state index contributed by atoms with van der Waals surface area (Å²) in [7, 11) is 7.84. The number of carbonyl (C=O) groups is 1. The molecule has 2 N–H and O–H groups in total. The molecule has 0 amide bonds. The Morgan fingerprint density at radius 3 is 2.40 bits per heavy atom. The van der Waals surface area contributed by atoms with Crippen molar-refractivity contribution in [3.05, 3.63) is 65.5 Å². The van der Waals surface area contributed by atoms with Gasteiger partial charge in [0.25, 0.3) is 0 Å². The molecule has 4 rings (SSSR count). The minimum atomic E-state index is -1.27. The zero-order valence-electron chi connectivity index (χ0n) is 17.4. The number of hydrogen-bond acceptors (Lipinski definition) is 5. The van der Waals surface area contributed by atoms with Crippen molar-refractivity contribution in [1.29, 1.82) is 0 Å². The van der Waals surface area contributed by atoms with Gasteiger partial charge in [-0.2, -0.15) is 0 Å². The fourth-order valence-corrected chi connectivity index (χ4v) is 3.66. The summed E-state index contributed by atoms with van der Waals surface area (Å²) in [5.41, 5.74) is 10.1. The van der Waals surface area contributed by atoms with Crippen molar-refractivity contribution in [2.75, 3.05) is 38.8 Å². The van der Waals surface area contributed by atoms with Gasteiger partial charge in [0.15, 0.2) is 0 Å². The number of carboxylic acid groups (broad SMARTS) is 1. The van der Waals surface area contributed by atoms with E-state index in [9.17, 15) is 9.90 Å². The van der Waals surface area contributed by atoms with Crippen LogP contribution in [0.15, 0.2) is 59.0 Å². The Morgan fingerprint density at radius 1 is 1.00 bits per heavy atom. The highest BCUT2D eigenvalue weighted by atomic mass is 16.4. The first kappa shape index (κ1) is 19.5. The molecule has 0 bridgehead atoms. The van der Waals surface area contributed by atoms with Gasteiger partial charge in [-0.15, -0.1) is 0 Å². The van der Waals surface area contributed by atoms with Gasteiger partial charge < -0.3 is 25.0 Å². The lowest BCUT2D eigenvalue weighted by Gasteiger charge is -2.20. The maximum absolute atomic E-state index is 11.9. The van der Waals surface area contributed by atoms with Crippen LogP contribution >= 0.6 is 0 Å². The SMILES string of the molecule is CN(C)c1ccc2c(-c3ccc(N)cc3C(=O)[O-])c3ccc(=[N+](C)C)cc-3oc2c1. The molecule has 0 saturated heterocycles. The number of carbonyl (C=O) groups excluding carboxylic acids is 1. The van der Waals surface area contributed by atoms with E-state index in [0.29, 0.717) is 22.6 Å². The Hall–Kier alpha value is -3.80. The number of aromatic carboxylic acids is 1. The van der Waals surface area contributed by atoms with E-state index in [-0.39, 0.29) is 5.56 Å². The zero-order valence-corrected chi connectivity index (χ0v) is 17.4. The number of nitrogens with two attached hydrogens (primary N) is 1. The highest BCUT2D eigenvalue weighted by molar-refractivity contribution is 6.07. The Kier molecular flexibility index (Phi) is 4.70. The smallest absolute Gasteiger partial charge is 0.203 e. The van der Waals surface area contributed by atoms with Crippen LogP contribution in [0.1, 0.15) is 10.4 Å². The van der Waals surface area contributed by atoms with E-state index < -0.39 is 5.97 Å². The van der Waals surface area contributed by atoms with Gasteiger partial charge in [-0.25, -0.2) is 4.58 Å². The van der Waals surface area contributed by atoms with Crippen LogP contribution in [-0.2, 0) is 0 Å². The molecule has 0 saturated carbocycles. The van der Waals surface area contributed by atoms with Crippen LogP contribution in [0.3, 0.4) is 0 Å². The number of anilines is 2. The predicted molar refractivity (Wildman–Crippen MR) is 118 cm³/mol. The summed E-state index contributed by atoms with van der Waals surface area (Å²) in [6, 6.07) is 16.7. The third-order valence-electron chi connectivity index (χ3n) is 5.25. The average molecular weight is 401 g/mol. The standard InChI is InChI=1S/C24H23N3O3/c1-26(2)15-6-9-18-21(12-15)30-22-13-16(27(3)4)7-10-19(22)23(18)17-8-5-14(25)11-20(17)24(28)29/h5-13,25H,1-4H3,(H,28,29).